The number of pyridine rings is 1. The predicted octanol–water partition coefficient (Wildman–Crippen LogP) is 3.83. The number of urea groups is 1. The predicted molar refractivity (Wildman–Crippen MR) is 103 cm³/mol. The fraction of sp³-hybridized carbons (Fsp3) is 0.211. The first kappa shape index (κ1) is 17.7. The van der Waals surface area contributed by atoms with Gasteiger partial charge in [-0.2, -0.15) is 5.10 Å². The van der Waals surface area contributed by atoms with E-state index in [1.807, 2.05) is 12.1 Å². The van der Waals surface area contributed by atoms with E-state index in [9.17, 15) is 9.18 Å². The lowest BCUT2D eigenvalue weighted by Crippen LogP contribution is -2.42. The van der Waals surface area contributed by atoms with E-state index in [4.69, 9.17) is 0 Å². The van der Waals surface area contributed by atoms with Gasteiger partial charge < -0.3 is 5.32 Å². The monoisotopic (exact) mass is 429 g/mol. The lowest BCUT2D eigenvalue weighted by Gasteiger charge is -2.27. The minimum Gasteiger partial charge on any atom is -0.334 e. The van der Waals surface area contributed by atoms with Crippen LogP contribution in [0.15, 0.2) is 53.4 Å². The second-order valence-electron chi connectivity index (χ2n) is 6.27. The molecule has 1 aromatic carbocycles. The number of amides is 2. The number of nitrogens with one attached hydrogen (secondary N) is 1. The van der Waals surface area contributed by atoms with Crippen LogP contribution in [0.3, 0.4) is 0 Å². The molecule has 4 rings (SSSR count). The molecule has 2 aromatic heterocycles. The van der Waals surface area contributed by atoms with Gasteiger partial charge in [0.2, 0.25) is 0 Å². The summed E-state index contributed by atoms with van der Waals surface area (Å²) in [6.45, 7) is 1.05. The Labute approximate surface area is 164 Å². The Kier molecular flexibility index (Phi) is 4.89. The molecular weight excluding hydrogens is 413 g/mol. The van der Waals surface area contributed by atoms with E-state index in [1.54, 1.807) is 34.1 Å². The maximum absolute atomic E-state index is 13.2. The molecule has 3 heterocycles. The Hall–Kier alpha value is -2.74. The van der Waals surface area contributed by atoms with Crippen molar-refractivity contribution in [2.45, 2.75) is 19.4 Å². The number of carbonyl (C=O) groups is 1. The maximum Gasteiger partial charge on any atom is 0.322 e. The average molecular weight is 430 g/mol. The van der Waals surface area contributed by atoms with Crippen LogP contribution >= 0.6 is 15.9 Å². The maximum atomic E-state index is 13.2. The summed E-state index contributed by atoms with van der Waals surface area (Å²) in [5.74, 6) is -0.288. The van der Waals surface area contributed by atoms with Crippen LogP contribution in [-0.4, -0.2) is 27.3 Å². The minimum atomic E-state index is -0.288. The zero-order valence-electron chi connectivity index (χ0n) is 14.4. The molecule has 0 fully saturated rings. The molecule has 0 saturated carbocycles. The lowest BCUT2D eigenvalue weighted by molar-refractivity contribution is 0.245. The fourth-order valence-corrected chi connectivity index (χ4v) is 3.60. The number of nitrogens with zero attached hydrogens (tertiary/aromatic N) is 4. The van der Waals surface area contributed by atoms with Crippen molar-refractivity contribution in [2.75, 3.05) is 11.4 Å². The molecule has 8 heteroatoms. The lowest BCUT2D eigenvalue weighted by atomic mass is 10.1. The molecule has 0 aliphatic carbocycles. The first-order valence-corrected chi connectivity index (χ1v) is 9.40. The smallest absolute Gasteiger partial charge is 0.322 e. The summed E-state index contributed by atoms with van der Waals surface area (Å²) in [5.41, 5.74) is 3.49. The van der Waals surface area contributed by atoms with Crippen LogP contribution < -0.4 is 10.2 Å². The molecule has 138 valence electrons. The van der Waals surface area contributed by atoms with Crippen molar-refractivity contribution in [3.8, 4) is 5.69 Å². The van der Waals surface area contributed by atoms with Gasteiger partial charge in [0.15, 0.2) is 0 Å². The summed E-state index contributed by atoms with van der Waals surface area (Å²) in [7, 11) is 0. The molecule has 0 radical (unpaired) electrons. The molecular formula is C19H17BrFN5O. The number of benzene rings is 1. The van der Waals surface area contributed by atoms with Gasteiger partial charge in [0.05, 0.1) is 23.3 Å². The average Bonchev–Trinajstić information content (AvgIpc) is 3.11. The third-order valence-corrected chi connectivity index (χ3v) is 4.92. The molecule has 3 aromatic rings. The molecule has 0 bridgehead atoms. The summed E-state index contributed by atoms with van der Waals surface area (Å²) in [6, 6.07) is 9.75. The van der Waals surface area contributed by atoms with Crippen molar-refractivity contribution in [3.63, 3.8) is 0 Å². The zero-order valence-corrected chi connectivity index (χ0v) is 16.0. The number of carbonyl (C=O) groups excluding carboxylic acids is 1. The Balaban J connectivity index is 1.53. The minimum absolute atomic E-state index is 0.164. The summed E-state index contributed by atoms with van der Waals surface area (Å²) in [4.78, 5) is 18.5. The molecule has 0 saturated heterocycles. The molecule has 0 unspecified atom stereocenters. The van der Waals surface area contributed by atoms with Crippen LogP contribution in [0.2, 0.25) is 0 Å². The number of hydrogen-bond acceptors (Lipinski definition) is 3. The van der Waals surface area contributed by atoms with Gasteiger partial charge in [-0.25, -0.2) is 18.9 Å². The highest BCUT2D eigenvalue weighted by Crippen LogP contribution is 2.29. The van der Waals surface area contributed by atoms with Crippen LogP contribution in [0.1, 0.15) is 17.7 Å². The van der Waals surface area contributed by atoms with Gasteiger partial charge in [0, 0.05) is 19.3 Å². The SMILES string of the molecule is O=C(NCc1ccnc(Br)c1)N1CCCc2c1cnn2-c1ccc(F)cc1. The van der Waals surface area contributed by atoms with Crippen LogP contribution in [0, 0.1) is 5.82 Å². The summed E-state index contributed by atoms with van der Waals surface area (Å²) in [6.07, 6.45) is 5.04. The van der Waals surface area contributed by atoms with Crippen molar-refractivity contribution in [1.82, 2.24) is 20.1 Å². The highest BCUT2D eigenvalue weighted by atomic mass is 79.9. The van der Waals surface area contributed by atoms with E-state index in [1.165, 1.54) is 12.1 Å². The first-order chi connectivity index (χ1) is 13.1. The number of halogens is 2. The van der Waals surface area contributed by atoms with Gasteiger partial charge >= 0.3 is 6.03 Å². The third kappa shape index (κ3) is 3.71. The van der Waals surface area contributed by atoms with E-state index in [2.05, 4.69) is 31.3 Å². The summed E-state index contributed by atoms with van der Waals surface area (Å²) in [5, 5.41) is 7.36. The fourth-order valence-electron chi connectivity index (χ4n) is 3.19. The van der Waals surface area contributed by atoms with Gasteiger partial charge in [-0.15, -0.1) is 0 Å². The van der Waals surface area contributed by atoms with Gasteiger partial charge in [0.1, 0.15) is 10.4 Å². The van der Waals surface area contributed by atoms with Crippen LogP contribution in [0.5, 0.6) is 0 Å². The van der Waals surface area contributed by atoms with Crippen molar-refractivity contribution < 1.29 is 9.18 Å². The molecule has 1 aliphatic heterocycles. The largest absolute Gasteiger partial charge is 0.334 e. The van der Waals surface area contributed by atoms with E-state index in [-0.39, 0.29) is 11.8 Å². The highest BCUT2D eigenvalue weighted by molar-refractivity contribution is 9.10. The number of aromatic nitrogens is 3. The quantitative estimate of drug-likeness (QED) is 0.643. The molecule has 0 spiro atoms. The van der Waals surface area contributed by atoms with Crippen molar-refractivity contribution >= 4 is 27.6 Å². The normalized spacial score (nSPS) is 13.3. The molecule has 27 heavy (non-hydrogen) atoms. The Morgan fingerprint density at radius 1 is 1.26 bits per heavy atom. The van der Waals surface area contributed by atoms with Crippen molar-refractivity contribution in [1.29, 1.82) is 0 Å². The highest BCUT2D eigenvalue weighted by Gasteiger charge is 2.26. The summed E-state index contributed by atoms with van der Waals surface area (Å²) >= 11 is 3.33. The molecule has 1 aliphatic rings. The van der Waals surface area contributed by atoms with Gasteiger partial charge in [-0.1, -0.05) is 0 Å². The zero-order chi connectivity index (χ0) is 18.8. The molecule has 6 nitrogen and oxygen atoms in total. The van der Waals surface area contributed by atoms with Gasteiger partial charge in [0.25, 0.3) is 0 Å². The molecule has 0 atom stereocenters. The van der Waals surface area contributed by atoms with E-state index in [0.29, 0.717) is 13.1 Å². The number of fused-ring (bicyclic) bond motifs is 1. The molecule has 1 N–H and O–H groups in total. The number of anilines is 1. The van der Waals surface area contributed by atoms with Crippen molar-refractivity contribution in [2.24, 2.45) is 0 Å². The molecule has 2 amide bonds. The summed E-state index contributed by atoms with van der Waals surface area (Å²) < 4.78 is 15.7. The second-order valence-corrected chi connectivity index (χ2v) is 7.08. The Morgan fingerprint density at radius 2 is 2.07 bits per heavy atom. The van der Waals surface area contributed by atoms with E-state index >= 15 is 0 Å². The standard InChI is InChI=1S/C19H17BrFN5O/c20-18-10-13(7-8-22-18)11-23-19(27)25-9-1-2-16-17(25)12-24-26(16)15-5-3-14(21)4-6-15/h3-8,10,12H,1-2,9,11H2,(H,23,27). The van der Waals surface area contributed by atoms with Crippen LogP contribution in [0.4, 0.5) is 14.9 Å². The van der Waals surface area contributed by atoms with Gasteiger partial charge in [-0.05, 0) is 70.7 Å². The topological polar surface area (TPSA) is 63.1 Å². The number of hydrogen-bond donors (Lipinski definition) is 1. The van der Waals surface area contributed by atoms with Crippen molar-refractivity contribution in [3.05, 3.63) is 70.5 Å². The number of rotatable bonds is 3. The first-order valence-electron chi connectivity index (χ1n) is 8.60. The van der Waals surface area contributed by atoms with E-state index in [0.717, 1.165) is 40.1 Å². The Bertz CT molecular complexity index is 972. The van der Waals surface area contributed by atoms with Crippen LogP contribution in [0.25, 0.3) is 5.69 Å². The van der Waals surface area contributed by atoms with Gasteiger partial charge in [-0.3, -0.25) is 4.90 Å². The third-order valence-electron chi connectivity index (χ3n) is 4.48. The second kappa shape index (κ2) is 7.48. The van der Waals surface area contributed by atoms with E-state index < -0.39 is 0 Å². The Morgan fingerprint density at radius 3 is 2.85 bits per heavy atom. The van der Waals surface area contributed by atoms with Crippen LogP contribution in [-0.2, 0) is 13.0 Å².